The van der Waals surface area contributed by atoms with E-state index in [-0.39, 0.29) is 16.9 Å². The number of aliphatic imine (C=N–C) groups is 1. The third kappa shape index (κ3) is 2.12. The van der Waals surface area contributed by atoms with E-state index in [2.05, 4.69) is 22.2 Å². The molecule has 0 fully saturated rings. The third-order valence-electron chi connectivity index (χ3n) is 3.37. The van der Waals surface area contributed by atoms with Gasteiger partial charge >= 0.3 is 0 Å². The number of benzene rings is 1. The van der Waals surface area contributed by atoms with Crippen LogP contribution in [0, 0.1) is 0 Å². The standard InChI is InChI=1S/C15H17N3OS/c1-9(2)18-14-12(15(19)17-18)13(20-10(3)16-14)11-7-5-4-6-8-11/h4-9,13H,1-3H3,(H,17,19)/t13-/m0/s1. The van der Waals surface area contributed by atoms with Crippen LogP contribution in [0.15, 0.2) is 40.1 Å². The summed E-state index contributed by atoms with van der Waals surface area (Å²) in [4.78, 5) is 16.9. The Morgan fingerprint density at radius 1 is 1.30 bits per heavy atom. The minimum absolute atomic E-state index is 0.0208. The maximum atomic E-state index is 12.3. The number of hydrogen-bond acceptors (Lipinski definition) is 3. The Hall–Kier alpha value is -1.75. The summed E-state index contributed by atoms with van der Waals surface area (Å²) >= 11 is 1.64. The number of nitrogens with one attached hydrogen (secondary N) is 1. The molecule has 0 saturated carbocycles. The fourth-order valence-electron chi connectivity index (χ4n) is 2.45. The van der Waals surface area contributed by atoms with Crippen molar-refractivity contribution < 1.29 is 0 Å². The Balaban J connectivity index is 2.20. The van der Waals surface area contributed by atoms with Crippen LogP contribution in [0.1, 0.15) is 43.2 Å². The zero-order valence-electron chi connectivity index (χ0n) is 11.8. The van der Waals surface area contributed by atoms with Crippen LogP contribution in [0.5, 0.6) is 0 Å². The second-order valence-corrected chi connectivity index (χ2v) is 6.48. The highest BCUT2D eigenvalue weighted by Gasteiger charge is 2.30. The molecule has 2 aromatic rings. The maximum Gasteiger partial charge on any atom is 0.271 e. The molecule has 1 aliphatic heterocycles. The molecule has 0 radical (unpaired) electrons. The summed E-state index contributed by atoms with van der Waals surface area (Å²) in [5.41, 5.74) is 1.87. The number of fused-ring (bicyclic) bond motifs is 1. The summed E-state index contributed by atoms with van der Waals surface area (Å²) < 4.78 is 1.86. The van der Waals surface area contributed by atoms with Crippen molar-refractivity contribution in [2.24, 2.45) is 4.99 Å². The molecule has 1 aliphatic rings. The van der Waals surface area contributed by atoms with Gasteiger partial charge in [0.15, 0.2) is 5.82 Å². The van der Waals surface area contributed by atoms with Gasteiger partial charge in [-0.3, -0.25) is 14.6 Å². The summed E-state index contributed by atoms with van der Waals surface area (Å²) in [6.07, 6.45) is 0. The molecule has 1 N–H and O–H groups in total. The van der Waals surface area contributed by atoms with Crippen LogP contribution < -0.4 is 5.56 Å². The van der Waals surface area contributed by atoms with E-state index in [1.54, 1.807) is 11.8 Å². The maximum absolute atomic E-state index is 12.3. The van der Waals surface area contributed by atoms with Crippen molar-refractivity contribution in [1.29, 1.82) is 0 Å². The van der Waals surface area contributed by atoms with Gasteiger partial charge in [0.1, 0.15) is 0 Å². The number of rotatable bonds is 2. The molecule has 3 rings (SSSR count). The fraction of sp³-hybridized carbons (Fsp3) is 0.333. The highest BCUT2D eigenvalue weighted by atomic mass is 32.2. The van der Waals surface area contributed by atoms with Gasteiger partial charge in [-0.05, 0) is 26.3 Å². The number of nitrogens with zero attached hydrogens (tertiary/aromatic N) is 2. The second-order valence-electron chi connectivity index (χ2n) is 5.18. The van der Waals surface area contributed by atoms with Crippen LogP contribution in [-0.4, -0.2) is 14.8 Å². The largest absolute Gasteiger partial charge is 0.271 e. The molecule has 0 saturated heterocycles. The van der Waals surface area contributed by atoms with Crippen molar-refractivity contribution in [3.05, 3.63) is 51.8 Å². The normalized spacial score (nSPS) is 18.0. The SMILES string of the molecule is CC1=Nc2c(c(=O)[nH]n2C(C)C)[C@H](c2ccccc2)S1. The first-order valence-corrected chi connectivity index (χ1v) is 7.57. The first-order chi connectivity index (χ1) is 9.58. The van der Waals surface area contributed by atoms with Gasteiger partial charge in [-0.1, -0.05) is 42.1 Å². The zero-order valence-corrected chi connectivity index (χ0v) is 12.6. The summed E-state index contributed by atoms with van der Waals surface area (Å²) in [6.45, 7) is 6.08. The van der Waals surface area contributed by atoms with Gasteiger partial charge in [0.25, 0.3) is 5.56 Å². The first kappa shape index (κ1) is 13.2. The molecule has 1 aromatic heterocycles. The lowest BCUT2D eigenvalue weighted by Crippen LogP contribution is -2.13. The molecule has 4 nitrogen and oxygen atoms in total. The van der Waals surface area contributed by atoms with Gasteiger partial charge in [0, 0.05) is 6.04 Å². The number of aromatic nitrogens is 2. The van der Waals surface area contributed by atoms with Crippen molar-refractivity contribution in [3.63, 3.8) is 0 Å². The van der Waals surface area contributed by atoms with E-state index < -0.39 is 0 Å². The van der Waals surface area contributed by atoms with Crippen LogP contribution in [0.4, 0.5) is 5.82 Å². The Morgan fingerprint density at radius 3 is 2.65 bits per heavy atom. The molecule has 5 heteroatoms. The van der Waals surface area contributed by atoms with Gasteiger partial charge in [-0.2, -0.15) is 0 Å². The number of thioether (sulfide) groups is 1. The lowest BCUT2D eigenvalue weighted by molar-refractivity contribution is 0.533. The van der Waals surface area contributed by atoms with E-state index in [1.807, 2.05) is 43.7 Å². The van der Waals surface area contributed by atoms with E-state index in [1.165, 1.54) is 0 Å². The smallest absolute Gasteiger partial charge is 0.268 e. The molecule has 2 heterocycles. The molecule has 0 unspecified atom stereocenters. The number of hydrogen-bond donors (Lipinski definition) is 1. The average molecular weight is 287 g/mol. The van der Waals surface area contributed by atoms with E-state index >= 15 is 0 Å². The molecule has 1 aromatic carbocycles. The van der Waals surface area contributed by atoms with Gasteiger partial charge in [0.2, 0.25) is 0 Å². The Labute approximate surface area is 121 Å². The summed E-state index contributed by atoms with van der Waals surface area (Å²) in [5, 5.41) is 3.92. The van der Waals surface area contributed by atoms with Gasteiger partial charge < -0.3 is 0 Å². The summed E-state index contributed by atoms with van der Waals surface area (Å²) in [6, 6.07) is 10.3. The third-order valence-corrected chi connectivity index (χ3v) is 4.54. The highest BCUT2D eigenvalue weighted by molar-refractivity contribution is 8.14. The zero-order chi connectivity index (χ0) is 14.3. The monoisotopic (exact) mass is 287 g/mol. The van der Waals surface area contributed by atoms with Crippen molar-refractivity contribution in [2.75, 3.05) is 0 Å². The Morgan fingerprint density at radius 2 is 2.00 bits per heavy atom. The van der Waals surface area contributed by atoms with E-state index in [0.29, 0.717) is 0 Å². The average Bonchev–Trinajstić information content (AvgIpc) is 2.76. The summed E-state index contributed by atoms with van der Waals surface area (Å²) in [7, 11) is 0. The predicted molar refractivity (Wildman–Crippen MR) is 84.1 cm³/mol. The van der Waals surface area contributed by atoms with Gasteiger partial charge in [-0.25, -0.2) is 4.99 Å². The summed E-state index contributed by atoms with van der Waals surface area (Å²) in [5.74, 6) is 0.773. The lowest BCUT2D eigenvalue weighted by atomic mass is 10.1. The Bertz CT molecular complexity index is 712. The van der Waals surface area contributed by atoms with Crippen molar-refractivity contribution in [3.8, 4) is 0 Å². The topological polar surface area (TPSA) is 50.1 Å². The van der Waals surface area contributed by atoms with Crippen LogP contribution in [0.2, 0.25) is 0 Å². The van der Waals surface area contributed by atoms with Crippen molar-refractivity contribution in [1.82, 2.24) is 9.78 Å². The molecule has 20 heavy (non-hydrogen) atoms. The first-order valence-electron chi connectivity index (χ1n) is 6.69. The van der Waals surface area contributed by atoms with Gasteiger partial charge in [0.05, 0.1) is 15.9 Å². The molecule has 104 valence electrons. The molecule has 0 amide bonds. The van der Waals surface area contributed by atoms with Gasteiger partial charge in [-0.15, -0.1) is 0 Å². The van der Waals surface area contributed by atoms with Crippen LogP contribution in [0.3, 0.4) is 0 Å². The fourth-order valence-corrected chi connectivity index (χ4v) is 3.55. The minimum atomic E-state index is -0.0358. The van der Waals surface area contributed by atoms with Crippen LogP contribution >= 0.6 is 11.8 Å². The van der Waals surface area contributed by atoms with Crippen molar-refractivity contribution in [2.45, 2.75) is 32.1 Å². The molecule has 0 aliphatic carbocycles. The number of H-pyrrole nitrogens is 1. The molecule has 0 bridgehead atoms. The molecule has 1 atom stereocenters. The highest BCUT2D eigenvalue weighted by Crippen LogP contribution is 2.43. The van der Waals surface area contributed by atoms with Crippen LogP contribution in [0.25, 0.3) is 0 Å². The molecular weight excluding hydrogens is 270 g/mol. The minimum Gasteiger partial charge on any atom is -0.268 e. The van der Waals surface area contributed by atoms with E-state index in [9.17, 15) is 4.79 Å². The Kier molecular flexibility index (Phi) is 3.30. The molecule has 0 spiro atoms. The van der Waals surface area contributed by atoms with E-state index in [4.69, 9.17) is 0 Å². The van der Waals surface area contributed by atoms with Crippen molar-refractivity contribution >= 4 is 22.6 Å². The number of aromatic amines is 1. The predicted octanol–water partition coefficient (Wildman–Crippen LogP) is 3.64. The quantitative estimate of drug-likeness (QED) is 0.916. The lowest BCUT2D eigenvalue weighted by Gasteiger charge is -2.21. The second kappa shape index (κ2) is 4.98. The van der Waals surface area contributed by atoms with Crippen LogP contribution in [-0.2, 0) is 0 Å². The molecular formula is C15H17N3OS. The van der Waals surface area contributed by atoms with E-state index in [0.717, 1.165) is 22.0 Å².